The highest BCUT2D eigenvalue weighted by molar-refractivity contribution is 7.13. The molecule has 1 aromatic carbocycles. The van der Waals surface area contributed by atoms with E-state index in [9.17, 15) is 0 Å². The van der Waals surface area contributed by atoms with Crippen LogP contribution < -0.4 is 0 Å². The average Bonchev–Trinajstić information content (AvgIpc) is 3.09. The molecule has 0 radical (unpaired) electrons. The number of nitrogens with zero attached hydrogens (tertiary/aromatic N) is 3. The van der Waals surface area contributed by atoms with Crippen LogP contribution in [0.25, 0.3) is 16.3 Å². The predicted molar refractivity (Wildman–Crippen MR) is 76.3 cm³/mol. The summed E-state index contributed by atoms with van der Waals surface area (Å²) in [4.78, 5) is 1.05. The summed E-state index contributed by atoms with van der Waals surface area (Å²) in [6, 6.07) is 13.8. The Morgan fingerprint density at radius 2 is 2.00 bits per heavy atom. The highest BCUT2D eigenvalue weighted by Crippen LogP contribution is 2.26. The topological polar surface area (TPSA) is 50.4 Å². The first-order valence-corrected chi connectivity index (χ1v) is 6.63. The fraction of sp³-hybridized carbons (Fsp3) is 0. The fourth-order valence-electron chi connectivity index (χ4n) is 1.86. The lowest BCUT2D eigenvalue weighted by molar-refractivity contribution is 0.322. The zero-order valence-electron chi connectivity index (χ0n) is 9.97. The number of benzene rings is 1. The molecule has 0 aliphatic heterocycles. The number of aromatic nitrogens is 2. The molecular weight excluding hydrogens is 258 g/mol. The number of hydrogen-bond donors (Lipinski definition) is 1. The lowest BCUT2D eigenvalue weighted by atomic mass is 10.2. The van der Waals surface area contributed by atoms with Crippen LogP contribution in [-0.4, -0.2) is 21.2 Å². The van der Waals surface area contributed by atoms with Crippen LogP contribution in [0.2, 0.25) is 0 Å². The molecule has 0 aliphatic carbocycles. The van der Waals surface area contributed by atoms with Crippen molar-refractivity contribution in [1.82, 2.24) is 9.78 Å². The Kier molecular flexibility index (Phi) is 3.12. The molecule has 0 aliphatic rings. The Morgan fingerprint density at radius 3 is 2.68 bits per heavy atom. The third kappa shape index (κ3) is 2.28. The molecule has 5 heteroatoms. The van der Waals surface area contributed by atoms with E-state index in [2.05, 4.69) is 10.3 Å². The molecule has 3 aromatic rings. The maximum atomic E-state index is 8.76. The summed E-state index contributed by atoms with van der Waals surface area (Å²) in [6.07, 6.45) is 3.26. The van der Waals surface area contributed by atoms with E-state index in [0.29, 0.717) is 0 Å². The Morgan fingerprint density at radius 1 is 1.16 bits per heavy atom. The number of para-hydroxylation sites is 1. The van der Waals surface area contributed by atoms with Crippen LogP contribution in [0.1, 0.15) is 5.56 Å². The first-order chi connectivity index (χ1) is 9.38. The minimum absolute atomic E-state index is 0.786. The van der Waals surface area contributed by atoms with E-state index < -0.39 is 0 Å². The quantitative estimate of drug-likeness (QED) is 0.450. The van der Waals surface area contributed by atoms with E-state index in [1.807, 2.05) is 54.0 Å². The van der Waals surface area contributed by atoms with Crippen molar-refractivity contribution in [3.8, 4) is 16.3 Å². The summed E-state index contributed by atoms with van der Waals surface area (Å²) >= 11 is 1.61. The van der Waals surface area contributed by atoms with Crippen molar-refractivity contribution in [2.45, 2.75) is 0 Å². The minimum Gasteiger partial charge on any atom is -0.411 e. The van der Waals surface area contributed by atoms with Crippen LogP contribution >= 0.6 is 11.3 Å². The summed E-state index contributed by atoms with van der Waals surface area (Å²) < 4.78 is 1.78. The second-order valence-electron chi connectivity index (χ2n) is 3.94. The molecule has 19 heavy (non-hydrogen) atoms. The first-order valence-electron chi connectivity index (χ1n) is 5.75. The number of oxime groups is 1. The Labute approximate surface area is 114 Å². The molecule has 0 saturated carbocycles. The van der Waals surface area contributed by atoms with E-state index in [1.54, 1.807) is 16.0 Å². The van der Waals surface area contributed by atoms with Gasteiger partial charge >= 0.3 is 0 Å². The largest absolute Gasteiger partial charge is 0.411 e. The molecule has 0 fully saturated rings. The van der Waals surface area contributed by atoms with Crippen molar-refractivity contribution in [3.05, 3.63) is 59.6 Å². The molecule has 3 rings (SSSR count). The Bertz CT molecular complexity index is 687. The first kappa shape index (κ1) is 11.7. The molecule has 0 atom stereocenters. The van der Waals surface area contributed by atoms with Crippen LogP contribution in [0.15, 0.2) is 59.2 Å². The van der Waals surface area contributed by atoms with Gasteiger partial charge in [-0.05, 0) is 23.6 Å². The lowest BCUT2D eigenvalue weighted by Crippen LogP contribution is -1.93. The minimum atomic E-state index is 0.786. The van der Waals surface area contributed by atoms with Gasteiger partial charge in [0.15, 0.2) is 0 Å². The summed E-state index contributed by atoms with van der Waals surface area (Å²) in [6.45, 7) is 0. The van der Waals surface area contributed by atoms with Crippen molar-refractivity contribution in [2.75, 3.05) is 0 Å². The van der Waals surface area contributed by atoms with E-state index in [1.165, 1.54) is 6.21 Å². The van der Waals surface area contributed by atoms with Gasteiger partial charge < -0.3 is 5.21 Å². The summed E-state index contributed by atoms with van der Waals surface area (Å²) in [7, 11) is 0. The zero-order valence-corrected chi connectivity index (χ0v) is 10.8. The van der Waals surface area contributed by atoms with Gasteiger partial charge in [0, 0.05) is 11.8 Å². The smallest absolute Gasteiger partial charge is 0.112 e. The predicted octanol–water partition coefficient (Wildman–Crippen LogP) is 3.41. The van der Waals surface area contributed by atoms with Crippen molar-refractivity contribution in [2.24, 2.45) is 5.16 Å². The molecule has 4 nitrogen and oxygen atoms in total. The van der Waals surface area contributed by atoms with Gasteiger partial charge in [0.25, 0.3) is 0 Å². The Balaban J connectivity index is 2.12. The number of hydrogen-bond acceptors (Lipinski definition) is 4. The maximum absolute atomic E-state index is 8.76. The van der Waals surface area contributed by atoms with Crippen molar-refractivity contribution in [3.63, 3.8) is 0 Å². The molecule has 1 N–H and O–H groups in total. The van der Waals surface area contributed by atoms with Gasteiger partial charge in [0.1, 0.15) is 5.69 Å². The third-order valence-electron chi connectivity index (χ3n) is 2.71. The standard InChI is InChI=1S/C14H11N3OS/c18-15-9-11-10-17(12-5-2-1-3-6-12)16-14(11)13-7-4-8-19-13/h1-10,18H/b15-9+. The summed E-state index contributed by atoms with van der Waals surface area (Å²) in [5.41, 5.74) is 2.57. The van der Waals surface area contributed by atoms with Crippen LogP contribution in [0, 0.1) is 0 Å². The number of thiophene rings is 1. The molecule has 2 heterocycles. The normalized spacial score (nSPS) is 11.2. The van der Waals surface area contributed by atoms with Gasteiger partial charge in [-0.3, -0.25) is 0 Å². The second kappa shape index (κ2) is 5.07. The van der Waals surface area contributed by atoms with Crippen molar-refractivity contribution >= 4 is 17.6 Å². The summed E-state index contributed by atoms with van der Waals surface area (Å²) in [5.74, 6) is 0. The van der Waals surface area contributed by atoms with E-state index in [0.717, 1.165) is 21.8 Å². The van der Waals surface area contributed by atoms with E-state index in [4.69, 9.17) is 5.21 Å². The van der Waals surface area contributed by atoms with Crippen LogP contribution in [0.3, 0.4) is 0 Å². The van der Waals surface area contributed by atoms with Gasteiger partial charge in [-0.15, -0.1) is 11.3 Å². The monoisotopic (exact) mass is 269 g/mol. The molecule has 0 spiro atoms. The van der Waals surface area contributed by atoms with Gasteiger partial charge in [0.05, 0.1) is 16.8 Å². The fourth-order valence-corrected chi connectivity index (χ4v) is 2.59. The molecule has 94 valence electrons. The maximum Gasteiger partial charge on any atom is 0.112 e. The number of rotatable bonds is 3. The highest BCUT2D eigenvalue weighted by atomic mass is 32.1. The van der Waals surface area contributed by atoms with Gasteiger partial charge in [-0.25, -0.2) is 4.68 Å². The van der Waals surface area contributed by atoms with Crippen molar-refractivity contribution < 1.29 is 5.21 Å². The third-order valence-corrected chi connectivity index (χ3v) is 3.59. The molecule has 0 amide bonds. The van der Waals surface area contributed by atoms with Crippen LogP contribution in [0.5, 0.6) is 0 Å². The van der Waals surface area contributed by atoms with Gasteiger partial charge in [0.2, 0.25) is 0 Å². The van der Waals surface area contributed by atoms with Gasteiger partial charge in [-0.2, -0.15) is 5.10 Å². The second-order valence-corrected chi connectivity index (χ2v) is 4.88. The van der Waals surface area contributed by atoms with Crippen LogP contribution in [0.4, 0.5) is 0 Å². The lowest BCUT2D eigenvalue weighted by Gasteiger charge is -1.98. The van der Waals surface area contributed by atoms with E-state index >= 15 is 0 Å². The van der Waals surface area contributed by atoms with E-state index in [-0.39, 0.29) is 0 Å². The van der Waals surface area contributed by atoms with Gasteiger partial charge in [-0.1, -0.05) is 29.4 Å². The average molecular weight is 269 g/mol. The molecule has 0 saturated heterocycles. The molecule has 0 unspecified atom stereocenters. The summed E-state index contributed by atoms with van der Waals surface area (Å²) in [5, 5.41) is 18.4. The zero-order chi connectivity index (χ0) is 13.1. The molecular formula is C14H11N3OS. The SMILES string of the molecule is O/N=C/c1cn(-c2ccccc2)nc1-c1cccs1. The molecule has 2 aromatic heterocycles. The van der Waals surface area contributed by atoms with Crippen LogP contribution in [-0.2, 0) is 0 Å². The molecule has 0 bridgehead atoms. The van der Waals surface area contributed by atoms with Crippen molar-refractivity contribution in [1.29, 1.82) is 0 Å². The Hall–Kier alpha value is -2.40. The highest BCUT2D eigenvalue weighted by Gasteiger charge is 2.11.